The summed E-state index contributed by atoms with van der Waals surface area (Å²) in [6.07, 6.45) is 1.82. The number of nitrogens with zero attached hydrogens (tertiary/aromatic N) is 3. The van der Waals surface area contributed by atoms with Gasteiger partial charge in [0.05, 0.1) is 27.9 Å². The van der Waals surface area contributed by atoms with E-state index in [1.165, 1.54) is 57.8 Å². The summed E-state index contributed by atoms with van der Waals surface area (Å²) in [6.45, 7) is 1.91. The fraction of sp³-hybridized carbons (Fsp3) is 0.136. The minimum atomic E-state index is -0.519. The van der Waals surface area contributed by atoms with Gasteiger partial charge in [0.2, 0.25) is 5.91 Å². The number of non-ortho nitro benzene ring substituents is 1. The number of thioether (sulfide) groups is 1. The Labute approximate surface area is 186 Å². The highest BCUT2D eigenvalue weighted by molar-refractivity contribution is 8.04. The van der Waals surface area contributed by atoms with Crippen LogP contribution >= 0.6 is 23.1 Å². The van der Waals surface area contributed by atoms with Gasteiger partial charge in [0, 0.05) is 34.7 Å². The van der Waals surface area contributed by atoms with Crippen LogP contribution in [0.3, 0.4) is 0 Å². The maximum Gasteiger partial charge on any atom is 0.269 e. The molecule has 0 radical (unpaired) electrons. The molecule has 1 aliphatic heterocycles. The number of ketones is 1. The summed E-state index contributed by atoms with van der Waals surface area (Å²) < 4.78 is 0. The minimum absolute atomic E-state index is 0.0851. The molecule has 31 heavy (non-hydrogen) atoms. The molecule has 7 nitrogen and oxygen atoms in total. The van der Waals surface area contributed by atoms with E-state index < -0.39 is 4.92 Å². The molecule has 1 aliphatic rings. The molecule has 1 saturated heterocycles. The number of nitro groups is 1. The second kappa shape index (κ2) is 8.83. The molecule has 0 bridgehead atoms. The quantitative estimate of drug-likeness (QED) is 0.304. The van der Waals surface area contributed by atoms with Crippen LogP contribution in [0.15, 0.2) is 58.9 Å². The van der Waals surface area contributed by atoms with Crippen LogP contribution in [0.2, 0.25) is 0 Å². The molecule has 0 saturated carbocycles. The largest absolute Gasteiger partial charge is 0.298 e. The van der Waals surface area contributed by atoms with E-state index in [2.05, 4.69) is 4.98 Å². The molecular formula is C22H17N3O4S2. The standard InChI is InChI=1S/C22H17N3O4S2/c1-14-2-4-15(5-3-14)18-12-30-20(23-18)10-22-24(21(27)13-31-22)11-19(26)16-6-8-17(9-7-16)25(28)29/h2-10,12H,11,13H2,1H3. The van der Waals surface area contributed by atoms with E-state index in [1.807, 2.05) is 42.6 Å². The Morgan fingerprint density at radius 1 is 1.19 bits per heavy atom. The Morgan fingerprint density at radius 3 is 2.58 bits per heavy atom. The van der Waals surface area contributed by atoms with Gasteiger partial charge in [-0.3, -0.25) is 24.6 Å². The lowest BCUT2D eigenvalue weighted by molar-refractivity contribution is -0.384. The predicted molar refractivity (Wildman–Crippen MR) is 122 cm³/mol. The van der Waals surface area contributed by atoms with Crippen molar-refractivity contribution in [1.82, 2.24) is 9.88 Å². The minimum Gasteiger partial charge on any atom is -0.298 e. The predicted octanol–water partition coefficient (Wildman–Crippen LogP) is 4.78. The summed E-state index contributed by atoms with van der Waals surface area (Å²) in [5.74, 6) is -0.173. The van der Waals surface area contributed by atoms with Crippen LogP contribution in [0.25, 0.3) is 17.3 Å². The van der Waals surface area contributed by atoms with Crippen molar-refractivity contribution in [2.24, 2.45) is 0 Å². The molecule has 0 spiro atoms. The van der Waals surface area contributed by atoms with E-state index >= 15 is 0 Å². The Hall–Kier alpha value is -3.30. The lowest BCUT2D eigenvalue weighted by atomic mass is 10.1. The van der Waals surface area contributed by atoms with Crippen molar-refractivity contribution >= 4 is 46.6 Å². The molecule has 2 heterocycles. The van der Waals surface area contributed by atoms with Gasteiger partial charge >= 0.3 is 0 Å². The average Bonchev–Trinajstić information content (AvgIpc) is 3.36. The molecular weight excluding hydrogens is 434 g/mol. The highest BCUT2D eigenvalue weighted by atomic mass is 32.2. The number of hydrogen-bond donors (Lipinski definition) is 0. The first-order valence-electron chi connectivity index (χ1n) is 9.36. The molecule has 1 aromatic heterocycles. The number of thiazole rings is 1. The third-order valence-corrected chi connectivity index (χ3v) is 6.55. The van der Waals surface area contributed by atoms with Gasteiger partial charge in [-0.1, -0.05) is 41.6 Å². The van der Waals surface area contributed by atoms with Crippen molar-refractivity contribution in [2.75, 3.05) is 12.3 Å². The van der Waals surface area contributed by atoms with Crippen LogP contribution in [0.4, 0.5) is 5.69 Å². The van der Waals surface area contributed by atoms with Gasteiger partial charge in [-0.2, -0.15) is 0 Å². The first-order chi connectivity index (χ1) is 14.9. The highest BCUT2D eigenvalue weighted by Crippen LogP contribution is 2.32. The van der Waals surface area contributed by atoms with Crippen LogP contribution in [0, 0.1) is 17.0 Å². The topological polar surface area (TPSA) is 93.4 Å². The summed E-state index contributed by atoms with van der Waals surface area (Å²) >= 11 is 2.84. The number of aryl methyl sites for hydroxylation is 1. The van der Waals surface area contributed by atoms with Crippen molar-refractivity contribution in [3.8, 4) is 11.3 Å². The average molecular weight is 452 g/mol. The van der Waals surface area contributed by atoms with Gasteiger partial charge in [0.15, 0.2) is 5.78 Å². The summed E-state index contributed by atoms with van der Waals surface area (Å²) in [6, 6.07) is 13.5. The maximum atomic E-state index is 12.6. The van der Waals surface area contributed by atoms with E-state index in [0.29, 0.717) is 10.6 Å². The van der Waals surface area contributed by atoms with Crippen LogP contribution in [0.5, 0.6) is 0 Å². The number of aromatic nitrogens is 1. The fourth-order valence-electron chi connectivity index (χ4n) is 3.02. The van der Waals surface area contributed by atoms with Gasteiger partial charge in [-0.05, 0) is 19.1 Å². The second-order valence-corrected chi connectivity index (χ2v) is 8.80. The number of nitro benzene ring substituents is 1. The SMILES string of the molecule is Cc1ccc(-c2csc(C=C3SCC(=O)N3CC(=O)c3ccc([N+](=O)[O-])cc3)n2)cc1. The molecule has 0 unspecified atom stereocenters. The molecule has 0 N–H and O–H groups in total. The number of rotatable bonds is 6. The molecule has 2 aromatic carbocycles. The monoisotopic (exact) mass is 451 g/mol. The lowest BCUT2D eigenvalue weighted by Gasteiger charge is -2.16. The van der Waals surface area contributed by atoms with Gasteiger partial charge in [0.25, 0.3) is 5.69 Å². The van der Waals surface area contributed by atoms with Crippen molar-refractivity contribution in [3.05, 3.63) is 85.2 Å². The zero-order valence-electron chi connectivity index (χ0n) is 16.5. The second-order valence-electron chi connectivity index (χ2n) is 6.92. The number of benzene rings is 2. The van der Waals surface area contributed by atoms with Crippen LogP contribution in [-0.2, 0) is 4.79 Å². The maximum absolute atomic E-state index is 12.6. The molecule has 3 aromatic rings. The summed E-state index contributed by atoms with van der Waals surface area (Å²) in [5.41, 5.74) is 3.30. The molecule has 1 amide bonds. The van der Waals surface area contributed by atoms with E-state index in [1.54, 1.807) is 0 Å². The first kappa shape index (κ1) is 21.0. The Kier molecular flexibility index (Phi) is 5.97. The van der Waals surface area contributed by atoms with Crippen molar-refractivity contribution < 1.29 is 14.5 Å². The van der Waals surface area contributed by atoms with Gasteiger partial charge < -0.3 is 0 Å². The van der Waals surface area contributed by atoms with Crippen molar-refractivity contribution in [1.29, 1.82) is 0 Å². The van der Waals surface area contributed by atoms with Crippen molar-refractivity contribution in [2.45, 2.75) is 6.92 Å². The lowest BCUT2D eigenvalue weighted by Crippen LogP contribution is -2.30. The van der Waals surface area contributed by atoms with Gasteiger partial charge in [0.1, 0.15) is 5.01 Å². The Balaban J connectivity index is 1.51. The molecule has 0 aliphatic carbocycles. The van der Waals surface area contributed by atoms with Gasteiger partial charge in [-0.15, -0.1) is 11.3 Å². The Bertz CT molecular complexity index is 1180. The van der Waals surface area contributed by atoms with Crippen LogP contribution in [0.1, 0.15) is 20.9 Å². The van der Waals surface area contributed by atoms with Crippen molar-refractivity contribution in [3.63, 3.8) is 0 Å². The molecule has 1 fully saturated rings. The fourth-order valence-corrected chi connectivity index (χ4v) is 4.79. The number of hydrogen-bond acceptors (Lipinski definition) is 7. The number of carbonyl (C=O) groups is 2. The normalized spacial score (nSPS) is 14.9. The first-order valence-corrected chi connectivity index (χ1v) is 11.2. The van der Waals surface area contributed by atoms with E-state index in [0.717, 1.165) is 16.3 Å². The highest BCUT2D eigenvalue weighted by Gasteiger charge is 2.29. The number of Topliss-reactive ketones (excluding diaryl/α,β-unsaturated/α-hetero) is 1. The number of carbonyl (C=O) groups excluding carboxylic acids is 2. The molecule has 9 heteroatoms. The molecule has 4 rings (SSSR count). The molecule has 156 valence electrons. The Morgan fingerprint density at radius 2 is 1.90 bits per heavy atom. The summed E-state index contributed by atoms with van der Waals surface area (Å²) in [4.78, 5) is 41.3. The van der Waals surface area contributed by atoms with E-state index in [-0.39, 0.29) is 29.7 Å². The van der Waals surface area contributed by atoms with E-state index in [4.69, 9.17) is 0 Å². The third kappa shape index (κ3) is 4.73. The third-order valence-electron chi connectivity index (χ3n) is 4.73. The number of amides is 1. The van der Waals surface area contributed by atoms with E-state index in [9.17, 15) is 19.7 Å². The van der Waals surface area contributed by atoms with Gasteiger partial charge in [-0.25, -0.2) is 4.98 Å². The zero-order valence-corrected chi connectivity index (χ0v) is 18.1. The molecule has 0 atom stereocenters. The van der Waals surface area contributed by atoms with Crippen LogP contribution < -0.4 is 0 Å². The zero-order chi connectivity index (χ0) is 22.0. The summed E-state index contributed by atoms with van der Waals surface area (Å²) in [5, 5.41) is 14.2. The smallest absolute Gasteiger partial charge is 0.269 e. The van der Waals surface area contributed by atoms with Crippen LogP contribution in [-0.4, -0.2) is 38.8 Å². The summed E-state index contributed by atoms with van der Waals surface area (Å²) in [7, 11) is 0.